The van der Waals surface area contributed by atoms with Crippen molar-refractivity contribution in [2.45, 2.75) is 63.9 Å². The van der Waals surface area contributed by atoms with Crippen LogP contribution in [0.25, 0.3) is 39.0 Å². The second kappa shape index (κ2) is 13.2. The van der Waals surface area contributed by atoms with Gasteiger partial charge in [-0.15, -0.1) is 0 Å². The molecule has 10 rings (SSSR count). The van der Waals surface area contributed by atoms with Crippen LogP contribution in [-0.2, 0) is 22.6 Å². The van der Waals surface area contributed by atoms with E-state index in [9.17, 15) is 14.0 Å². The monoisotopic (exact) mass is 747 g/mol. The van der Waals surface area contributed by atoms with Crippen LogP contribution in [0.15, 0.2) is 65.6 Å². The average molecular weight is 748 g/mol. The number of pyridine rings is 2. The molecule has 3 atom stereocenters. The molecule has 282 valence electrons. The highest BCUT2D eigenvalue weighted by Gasteiger charge is 2.41. The quantitative estimate of drug-likeness (QED) is 0.246. The first kappa shape index (κ1) is 33.7. The van der Waals surface area contributed by atoms with Crippen molar-refractivity contribution in [1.82, 2.24) is 33.8 Å². The lowest BCUT2D eigenvalue weighted by atomic mass is 10.1. The highest BCUT2D eigenvalue weighted by Crippen LogP contribution is 2.37. The van der Waals surface area contributed by atoms with E-state index in [-0.39, 0.29) is 23.6 Å². The standard InChI is InChI=1S/C40H39F2N9O4/c1-23-44-31-15-25(42)14-28-30-6-4-7-36(46-30)45-26-17-34(40(53)47-10-5-13-54-27(21-47)22-49(23)38(28)31)50(20-26)33-18-37(52)48-11-2-3-12-55-35-16-24(41)8-9-32(35)51-39(48)29(33)19-43-51/h4,6-9,14-16,18-19,26-27,34H,2-3,5,10-13,17,20-22H2,1H3,(H,45,46)/t26?,27-,34+/m1/s1. The molecule has 13 nitrogen and oxygen atoms in total. The van der Waals surface area contributed by atoms with Gasteiger partial charge in [0.15, 0.2) is 0 Å². The van der Waals surface area contributed by atoms with Crippen LogP contribution < -0.4 is 20.5 Å². The van der Waals surface area contributed by atoms with Crippen molar-refractivity contribution in [3.05, 3.63) is 88.6 Å². The van der Waals surface area contributed by atoms with Gasteiger partial charge in [-0.3, -0.25) is 14.2 Å². The molecular formula is C40H39F2N9O4. The van der Waals surface area contributed by atoms with Gasteiger partial charge in [0.25, 0.3) is 5.56 Å². The first-order valence-corrected chi connectivity index (χ1v) is 18.9. The Morgan fingerprint density at radius 1 is 0.873 bits per heavy atom. The molecule has 1 unspecified atom stereocenters. The zero-order valence-corrected chi connectivity index (χ0v) is 30.3. The lowest BCUT2D eigenvalue weighted by Gasteiger charge is -2.32. The molecule has 1 N–H and O–H groups in total. The van der Waals surface area contributed by atoms with E-state index in [0.717, 1.165) is 5.52 Å². The Kier molecular flexibility index (Phi) is 8.08. The lowest BCUT2D eigenvalue weighted by Crippen LogP contribution is -2.48. The number of ether oxygens (including phenoxy) is 2. The van der Waals surface area contributed by atoms with Crippen LogP contribution in [0.5, 0.6) is 5.75 Å². The van der Waals surface area contributed by atoms with Gasteiger partial charge >= 0.3 is 0 Å². The summed E-state index contributed by atoms with van der Waals surface area (Å²) in [5, 5.41) is 9.02. The third-order valence-electron chi connectivity index (χ3n) is 11.3. The molecule has 6 aromatic rings. The topological polar surface area (TPSA) is 125 Å². The van der Waals surface area contributed by atoms with Gasteiger partial charge in [-0.2, -0.15) is 5.10 Å². The van der Waals surface area contributed by atoms with Crippen LogP contribution in [0.2, 0.25) is 0 Å². The Bertz CT molecular complexity index is 2570. The summed E-state index contributed by atoms with van der Waals surface area (Å²) in [5.74, 6) is 0.739. The number of amides is 1. The van der Waals surface area contributed by atoms with Crippen molar-refractivity contribution in [2.75, 3.05) is 43.1 Å². The van der Waals surface area contributed by atoms with Crippen LogP contribution >= 0.6 is 0 Å². The van der Waals surface area contributed by atoms with Gasteiger partial charge in [0.1, 0.15) is 46.4 Å². The second-order valence-electron chi connectivity index (χ2n) is 14.9. The predicted molar refractivity (Wildman–Crippen MR) is 202 cm³/mol. The van der Waals surface area contributed by atoms with Crippen molar-refractivity contribution < 1.29 is 23.0 Å². The molecule has 0 spiro atoms. The van der Waals surface area contributed by atoms with Gasteiger partial charge in [0, 0.05) is 62.6 Å². The van der Waals surface area contributed by atoms with Crippen LogP contribution in [0.4, 0.5) is 20.3 Å². The van der Waals surface area contributed by atoms with Gasteiger partial charge in [0.2, 0.25) is 5.91 Å². The molecule has 2 saturated heterocycles. The normalized spacial score (nSPS) is 21.4. The Balaban J connectivity index is 1.12. The molecule has 4 aromatic heterocycles. The van der Waals surface area contributed by atoms with E-state index in [4.69, 9.17) is 24.5 Å². The number of hydrogen-bond donors (Lipinski definition) is 1. The lowest BCUT2D eigenvalue weighted by molar-refractivity contribution is -0.133. The van der Waals surface area contributed by atoms with Crippen LogP contribution in [-0.4, -0.2) is 90.7 Å². The van der Waals surface area contributed by atoms with Gasteiger partial charge in [-0.25, -0.2) is 23.4 Å². The predicted octanol–water partition coefficient (Wildman–Crippen LogP) is 5.05. The molecule has 4 aliphatic rings. The number of fused-ring (bicyclic) bond motifs is 9. The number of imidazole rings is 1. The number of benzene rings is 2. The number of halogens is 2. The fraction of sp³-hybridized carbons (Fsp3) is 0.375. The first-order valence-electron chi connectivity index (χ1n) is 18.9. The number of aryl methyl sites for hydroxylation is 2. The summed E-state index contributed by atoms with van der Waals surface area (Å²) in [7, 11) is 0. The summed E-state index contributed by atoms with van der Waals surface area (Å²) in [6.07, 6.45) is 3.82. The minimum Gasteiger partial charge on any atom is -0.491 e. The zero-order chi connectivity index (χ0) is 37.4. The Hall–Kier alpha value is -5.83. The van der Waals surface area contributed by atoms with Crippen molar-refractivity contribution in [1.29, 1.82) is 0 Å². The van der Waals surface area contributed by atoms with Crippen molar-refractivity contribution >= 4 is 39.5 Å². The summed E-state index contributed by atoms with van der Waals surface area (Å²) in [5.41, 5.74) is 3.96. The van der Waals surface area contributed by atoms with E-state index >= 15 is 4.39 Å². The molecule has 4 aliphatic heterocycles. The summed E-state index contributed by atoms with van der Waals surface area (Å²) in [4.78, 5) is 42.7. The second-order valence-corrected chi connectivity index (χ2v) is 14.9. The highest BCUT2D eigenvalue weighted by molar-refractivity contribution is 5.95. The molecule has 8 heterocycles. The number of aromatic nitrogens is 6. The fourth-order valence-electron chi connectivity index (χ4n) is 8.83. The number of nitrogens with one attached hydrogen (secondary N) is 1. The summed E-state index contributed by atoms with van der Waals surface area (Å²) >= 11 is 0. The molecule has 15 heteroatoms. The van der Waals surface area contributed by atoms with Crippen LogP contribution in [0, 0.1) is 18.6 Å². The molecule has 2 fully saturated rings. The molecule has 0 saturated carbocycles. The van der Waals surface area contributed by atoms with E-state index in [1.165, 1.54) is 24.3 Å². The van der Waals surface area contributed by atoms with E-state index < -0.39 is 17.7 Å². The summed E-state index contributed by atoms with van der Waals surface area (Å²) < 4.78 is 47.3. The van der Waals surface area contributed by atoms with Crippen molar-refractivity contribution in [3.63, 3.8) is 0 Å². The maximum atomic E-state index is 15.1. The SMILES string of the molecule is Cc1nc2cc(F)cc3c2n1C[C@H]1CN(CCCO1)C(=O)[C@@H]1CC(CN1c1cc(=O)n2c4c1cnn4-c1ccc(F)cc1OCCCC2)Nc1cccc-3n1. The fourth-order valence-corrected chi connectivity index (χ4v) is 8.83. The maximum Gasteiger partial charge on any atom is 0.254 e. The van der Waals surface area contributed by atoms with Gasteiger partial charge in [0.05, 0.1) is 53.3 Å². The molecule has 6 bridgehead atoms. The molecular weight excluding hydrogens is 708 g/mol. The van der Waals surface area contributed by atoms with Gasteiger partial charge in [-0.1, -0.05) is 6.07 Å². The molecule has 2 aromatic carbocycles. The summed E-state index contributed by atoms with van der Waals surface area (Å²) in [6.45, 7) is 4.87. The van der Waals surface area contributed by atoms with E-state index in [1.54, 1.807) is 27.6 Å². The third-order valence-corrected chi connectivity index (χ3v) is 11.3. The number of carbonyl (C=O) groups is 1. The van der Waals surface area contributed by atoms with Crippen LogP contribution in [0.1, 0.15) is 31.5 Å². The van der Waals surface area contributed by atoms with E-state index in [2.05, 4.69) is 5.32 Å². The van der Waals surface area contributed by atoms with Crippen molar-refractivity contribution in [3.8, 4) is 22.7 Å². The minimum absolute atomic E-state index is 0.0558. The minimum atomic E-state index is -0.622. The molecule has 1 amide bonds. The number of anilines is 2. The number of nitrogens with zero attached hydrogens (tertiary/aromatic N) is 8. The third kappa shape index (κ3) is 5.79. The Morgan fingerprint density at radius 2 is 1.78 bits per heavy atom. The van der Waals surface area contributed by atoms with Crippen LogP contribution in [0.3, 0.4) is 0 Å². The molecule has 0 aliphatic carbocycles. The van der Waals surface area contributed by atoms with Gasteiger partial charge < -0.3 is 29.2 Å². The maximum absolute atomic E-state index is 15.1. The zero-order valence-electron chi connectivity index (χ0n) is 30.3. The number of hydrogen-bond acceptors (Lipinski definition) is 9. The first-order chi connectivity index (χ1) is 26.8. The van der Waals surface area contributed by atoms with E-state index in [0.29, 0.717) is 128 Å². The highest BCUT2D eigenvalue weighted by atomic mass is 19.1. The molecule has 0 radical (unpaired) electrons. The van der Waals surface area contributed by atoms with Crippen molar-refractivity contribution in [2.24, 2.45) is 0 Å². The summed E-state index contributed by atoms with van der Waals surface area (Å²) in [6, 6.07) is 13.6. The Morgan fingerprint density at radius 3 is 2.69 bits per heavy atom. The molecule has 55 heavy (non-hydrogen) atoms. The number of carbonyl (C=O) groups excluding carboxylic acids is 1. The largest absolute Gasteiger partial charge is 0.491 e. The van der Waals surface area contributed by atoms with Gasteiger partial charge in [-0.05, 0) is 62.9 Å². The smallest absolute Gasteiger partial charge is 0.254 e. The Labute approximate surface area is 314 Å². The van der Waals surface area contributed by atoms with E-state index in [1.807, 2.05) is 39.5 Å². The number of rotatable bonds is 1. The average Bonchev–Trinajstić information content (AvgIpc) is 3.82.